The van der Waals surface area contributed by atoms with E-state index in [4.69, 9.17) is 15.9 Å². The molecule has 11 nitrogen and oxygen atoms in total. The molecule has 0 aliphatic carbocycles. The first-order valence-electron chi connectivity index (χ1n) is 8.88. The van der Waals surface area contributed by atoms with Crippen molar-refractivity contribution in [3.8, 4) is 0 Å². The van der Waals surface area contributed by atoms with Crippen LogP contribution in [0.2, 0.25) is 0 Å². The van der Waals surface area contributed by atoms with E-state index < -0.39 is 17.0 Å². The summed E-state index contributed by atoms with van der Waals surface area (Å²) in [6, 6.07) is 0. The minimum atomic E-state index is -1.26. The number of carbonyl (C=O) groups excluding carboxylic acids is 1. The largest absolute Gasteiger partial charge is 0.478 e. The molecule has 4 N–H and O–H groups in total. The van der Waals surface area contributed by atoms with Crippen LogP contribution >= 0.6 is 0 Å². The minimum Gasteiger partial charge on any atom is -0.478 e. The normalized spacial score (nSPS) is 14.9. The van der Waals surface area contributed by atoms with Gasteiger partial charge in [0.05, 0.1) is 6.61 Å². The number of aliphatic carboxylic acids is 2. The highest BCUT2D eigenvalue weighted by Gasteiger charge is 2.23. The zero-order valence-electron chi connectivity index (χ0n) is 16.2. The van der Waals surface area contributed by atoms with Crippen LogP contribution in [-0.4, -0.2) is 63.3 Å². The standard InChI is InChI=1S/C13H25N3O4.C4H4O4/c1-13(2,14)7-3-12(17)15-8-4-11(5-9-15)6-10-20-16(18)19;5-3(6)1-2-4(7)8/h11H,3-10,14H2,1-2H3;1-2H,(H,5,6)(H,7,8)/b;2-1+. The lowest BCUT2D eigenvalue weighted by Gasteiger charge is -2.32. The lowest BCUT2D eigenvalue weighted by atomic mass is 9.93. The number of piperidine rings is 1. The fourth-order valence-electron chi connectivity index (χ4n) is 2.49. The van der Waals surface area contributed by atoms with Crippen molar-refractivity contribution < 1.29 is 34.5 Å². The molecule has 0 unspecified atom stereocenters. The Kier molecular flexibility index (Phi) is 11.4. The fraction of sp³-hybridized carbons (Fsp3) is 0.706. The molecule has 0 aromatic carbocycles. The molecule has 0 spiro atoms. The summed E-state index contributed by atoms with van der Waals surface area (Å²) >= 11 is 0. The van der Waals surface area contributed by atoms with Gasteiger partial charge in [-0.15, -0.1) is 10.1 Å². The molecule has 1 fully saturated rings. The molecule has 0 saturated carbocycles. The van der Waals surface area contributed by atoms with Crippen molar-refractivity contribution in [1.82, 2.24) is 4.90 Å². The number of carboxylic acids is 2. The quantitative estimate of drug-likeness (QED) is 0.289. The predicted octanol–water partition coefficient (Wildman–Crippen LogP) is 1.05. The van der Waals surface area contributed by atoms with Crippen molar-refractivity contribution in [2.24, 2.45) is 11.7 Å². The Morgan fingerprint density at radius 2 is 1.71 bits per heavy atom. The number of carboxylic acid groups (broad SMARTS) is 2. The van der Waals surface area contributed by atoms with E-state index in [-0.39, 0.29) is 18.1 Å². The summed E-state index contributed by atoms with van der Waals surface area (Å²) in [6.45, 7) is 5.44. The molecule has 0 aromatic rings. The summed E-state index contributed by atoms with van der Waals surface area (Å²) in [4.78, 5) is 47.4. The molecule has 28 heavy (non-hydrogen) atoms. The van der Waals surface area contributed by atoms with Crippen LogP contribution in [0.4, 0.5) is 0 Å². The maximum Gasteiger partial charge on any atom is 0.328 e. The molecule has 1 aliphatic heterocycles. The molecular formula is C17H29N3O8. The summed E-state index contributed by atoms with van der Waals surface area (Å²) < 4.78 is 0. The van der Waals surface area contributed by atoms with Crippen molar-refractivity contribution in [3.63, 3.8) is 0 Å². The lowest BCUT2D eigenvalue weighted by Crippen LogP contribution is -2.40. The third-order valence-electron chi connectivity index (χ3n) is 4.04. The van der Waals surface area contributed by atoms with E-state index >= 15 is 0 Å². The van der Waals surface area contributed by atoms with Crippen LogP contribution in [0, 0.1) is 16.0 Å². The number of nitrogens with zero attached hydrogens (tertiary/aromatic N) is 2. The Labute approximate surface area is 163 Å². The SMILES string of the molecule is CC(C)(N)CCC(=O)N1CCC(CCO[N+](=O)[O-])CC1.O=C(O)/C=C/C(=O)O. The molecule has 1 amide bonds. The van der Waals surface area contributed by atoms with Crippen molar-refractivity contribution in [3.05, 3.63) is 22.3 Å². The number of rotatable bonds is 9. The van der Waals surface area contributed by atoms with Crippen LogP contribution in [0.5, 0.6) is 0 Å². The van der Waals surface area contributed by atoms with Crippen LogP contribution < -0.4 is 5.73 Å². The van der Waals surface area contributed by atoms with Gasteiger partial charge >= 0.3 is 11.9 Å². The van der Waals surface area contributed by atoms with Gasteiger partial charge in [-0.3, -0.25) is 4.79 Å². The summed E-state index contributed by atoms with van der Waals surface area (Å²) in [5, 5.41) is 24.9. The van der Waals surface area contributed by atoms with Gasteiger partial charge in [-0.2, -0.15) is 0 Å². The number of hydrogen-bond acceptors (Lipinski definition) is 7. The minimum absolute atomic E-state index is 0.146. The highest BCUT2D eigenvalue weighted by Crippen LogP contribution is 2.21. The smallest absolute Gasteiger partial charge is 0.328 e. The Hall–Kier alpha value is -2.69. The van der Waals surface area contributed by atoms with Crippen molar-refractivity contribution >= 4 is 17.8 Å². The van der Waals surface area contributed by atoms with E-state index in [2.05, 4.69) is 4.84 Å². The third kappa shape index (κ3) is 14.5. The van der Waals surface area contributed by atoms with Crippen molar-refractivity contribution in [2.75, 3.05) is 19.7 Å². The van der Waals surface area contributed by atoms with Crippen LogP contribution in [0.25, 0.3) is 0 Å². The van der Waals surface area contributed by atoms with E-state index in [9.17, 15) is 24.5 Å². The molecule has 1 rings (SSSR count). The second kappa shape index (κ2) is 12.7. The zero-order chi connectivity index (χ0) is 21.7. The van der Waals surface area contributed by atoms with Gasteiger partial charge in [0.25, 0.3) is 5.09 Å². The van der Waals surface area contributed by atoms with E-state index in [1.807, 2.05) is 18.7 Å². The van der Waals surface area contributed by atoms with Crippen LogP contribution in [0.3, 0.4) is 0 Å². The average molecular weight is 403 g/mol. The van der Waals surface area contributed by atoms with Gasteiger partial charge in [0.2, 0.25) is 5.91 Å². The average Bonchev–Trinajstić information content (AvgIpc) is 2.58. The van der Waals surface area contributed by atoms with E-state index in [0.29, 0.717) is 37.3 Å². The maximum absolute atomic E-state index is 12.0. The molecule has 160 valence electrons. The lowest BCUT2D eigenvalue weighted by molar-refractivity contribution is -0.758. The topological polar surface area (TPSA) is 173 Å². The molecular weight excluding hydrogens is 374 g/mol. The number of carbonyl (C=O) groups is 3. The molecule has 11 heteroatoms. The summed E-state index contributed by atoms with van der Waals surface area (Å²) in [5.74, 6) is -1.95. The number of amides is 1. The molecule has 1 aliphatic rings. The molecule has 1 heterocycles. The number of nitrogens with two attached hydrogens (primary N) is 1. The third-order valence-corrected chi connectivity index (χ3v) is 4.04. The van der Waals surface area contributed by atoms with E-state index in [0.717, 1.165) is 25.9 Å². The number of likely N-dealkylation sites (tertiary alicyclic amines) is 1. The summed E-state index contributed by atoms with van der Waals surface area (Å²) in [5.41, 5.74) is 5.56. The van der Waals surface area contributed by atoms with Gasteiger partial charge in [-0.1, -0.05) is 0 Å². The van der Waals surface area contributed by atoms with Gasteiger partial charge in [-0.05, 0) is 45.4 Å². The Balaban J connectivity index is 0.000000769. The monoisotopic (exact) mass is 403 g/mol. The van der Waals surface area contributed by atoms with Crippen LogP contribution in [-0.2, 0) is 19.2 Å². The van der Waals surface area contributed by atoms with E-state index in [1.165, 1.54) is 0 Å². The first-order valence-corrected chi connectivity index (χ1v) is 8.88. The van der Waals surface area contributed by atoms with Gasteiger partial charge in [-0.25, -0.2) is 9.59 Å². The second-order valence-electron chi connectivity index (χ2n) is 7.17. The highest BCUT2D eigenvalue weighted by molar-refractivity contribution is 5.89. The molecule has 0 aromatic heterocycles. The van der Waals surface area contributed by atoms with Crippen molar-refractivity contribution in [1.29, 1.82) is 0 Å². The maximum atomic E-state index is 12.0. The Morgan fingerprint density at radius 3 is 2.11 bits per heavy atom. The van der Waals surface area contributed by atoms with Gasteiger partial charge in [0, 0.05) is 37.2 Å². The first-order chi connectivity index (χ1) is 12.9. The Bertz CT molecular complexity index is 547. The predicted molar refractivity (Wildman–Crippen MR) is 98.8 cm³/mol. The molecule has 0 bridgehead atoms. The van der Waals surface area contributed by atoms with Crippen molar-refractivity contribution in [2.45, 2.75) is 51.5 Å². The van der Waals surface area contributed by atoms with Gasteiger partial charge in [0.15, 0.2) is 0 Å². The van der Waals surface area contributed by atoms with Gasteiger partial charge in [0.1, 0.15) is 0 Å². The first kappa shape index (κ1) is 25.3. The zero-order valence-corrected chi connectivity index (χ0v) is 16.2. The summed E-state index contributed by atoms with van der Waals surface area (Å²) in [7, 11) is 0. The molecule has 0 radical (unpaired) electrons. The Morgan fingerprint density at radius 1 is 1.21 bits per heavy atom. The van der Waals surface area contributed by atoms with E-state index in [1.54, 1.807) is 0 Å². The summed E-state index contributed by atoms with van der Waals surface area (Å²) in [6.07, 6.45) is 4.74. The molecule has 0 atom stereocenters. The fourth-order valence-corrected chi connectivity index (χ4v) is 2.49. The second-order valence-corrected chi connectivity index (χ2v) is 7.17. The highest BCUT2D eigenvalue weighted by atomic mass is 16.9. The molecule has 1 saturated heterocycles. The van der Waals surface area contributed by atoms with Gasteiger partial charge < -0.3 is 25.7 Å². The number of hydrogen-bond donors (Lipinski definition) is 3. The van der Waals surface area contributed by atoms with Crippen LogP contribution in [0.1, 0.15) is 46.0 Å². The van der Waals surface area contributed by atoms with Crippen LogP contribution in [0.15, 0.2) is 12.2 Å².